The highest BCUT2D eigenvalue weighted by Gasteiger charge is 2.23. The molecule has 1 fully saturated rings. The highest BCUT2D eigenvalue weighted by molar-refractivity contribution is 6.33. The summed E-state index contributed by atoms with van der Waals surface area (Å²) in [6, 6.07) is 9.59. The summed E-state index contributed by atoms with van der Waals surface area (Å²) < 4.78 is 1.37. The van der Waals surface area contributed by atoms with Crippen LogP contribution in [0.15, 0.2) is 41.3 Å². The molecular formula is C18H22ClN5O2. The summed E-state index contributed by atoms with van der Waals surface area (Å²) in [6.45, 7) is 5.26. The van der Waals surface area contributed by atoms with Crippen LogP contribution in [0.5, 0.6) is 0 Å². The number of rotatable bonds is 4. The summed E-state index contributed by atoms with van der Waals surface area (Å²) in [5.74, 6) is 0. The minimum atomic E-state index is -0.306. The van der Waals surface area contributed by atoms with E-state index in [9.17, 15) is 9.59 Å². The van der Waals surface area contributed by atoms with Crippen LogP contribution in [0.1, 0.15) is 12.5 Å². The van der Waals surface area contributed by atoms with Gasteiger partial charge in [0, 0.05) is 32.7 Å². The van der Waals surface area contributed by atoms with E-state index in [4.69, 9.17) is 11.6 Å². The molecule has 2 aromatic rings. The van der Waals surface area contributed by atoms with Crippen molar-refractivity contribution in [3.8, 4) is 0 Å². The van der Waals surface area contributed by atoms with E-state index in [0.29, 0.717) is 45.0 Å². The quantitative estimate of drug-likeness (QED) is 0.884. The number of urea groups is 1. The Balaban J connectivity index is 1.71. The Morgan fingerprint density at radius 1 is 1.19 bits per heavy atom. The van der Waals surface area contributed by atoms with Crippen LogP contribution in [0.2, 0.25) is 5.02 Å². The van der Waals surface area contributed by atoms with Gasteiger partial charge >= 0.3 is 6.03 Å². The molecule has 138 valence electrons. The van der Waals surface area contributed by atoms with E-state index in [1.165, 1.54) is 4.68 Å². The molecule has 0 aliphatic carbocycles. The standard InChI is InChI=1S/C18H22ClN5O2/c1-2-20-18(26)23-10-8-22(9-11-23)15-12-21-24(17(25)16(15)19)13-14-6-4-3-5-7-14/h3-7,12H,2,8-11,13H2,1H3,(H,20,26). The van der Waals surface area contributed by atoms with Gasteiger partial charge < -0.3 is 15.1 Å². The summed E-state index contributed by atoms with van der Waals surface area (Å²) >= 11 is 6.34. The maximum Gasteiger partial charge on any atom is 0.317 e. The van der Waals surface area contributed by atoms with Gasteiger partial charge in [0.15, 0.2) is 0 Å². The maximum atomic E-state index is 12.6. The Morgan fingerprint density at radius 3 is 2.54 bits per heavy atom. The van der Waals surface area contributed by atoms with Gasteiger partial charge in [-0.15, -0.1) is 0 Å². The van der Waals surface area contributed by atoms with Gasteiger partial charge in [-0.1, -0.05) is 41.9 Å². The Bertz CT molecular complexity index is 816. The number of hydrogen-bond acceptors (Lipinski definition) is 4. The average Bonchev–Trinajstić information content (AvgIpc) is 2.67. The lowest BCUT2D eigenvalue weighted by molar-refractivity contribution is 0.195. The molecule has 8 heteroatoms. The Labute approximate surface area is 157 Å². The number of halogens is 1. The van der Waals surface area contributed by atoms with E-state index in [2.05, 4.69) is 10.4 Å². The number of nitrogens with zero attached hydrogens (tertiary/aromatic N) is 4. The van der Waals surface area contributed by atoms with Crippen molar-refractivity contribution in [1.82, 2.24) is 20.0 Å². The molecule has 7 nitrogen and oxygen atoms in total. The zero-order valence-corrected chi connectivity index (χ0v) is 15.4. The molecule has 0 bridgehead atoms. The molecule has 1 aromatic carbocycles. The molecular weight excluding hydrogens is 354 g/mol. The van der Waals surface area contributed by atoms with Gasteiger partial charge in [-0.2, -0.15) is 5.10 Å². The predicted molar refractivity (Wildman–Crippen MR) is 102 cm³/mol. The third-order valence-corrected chi connectivity index (χ3v) is 4.73. The fourth-order valence-electron chi connectivity index (χ4n) is 2.96. The lowest BCUT2D eigenvalue weighted by Gasteiger charge is -2.36. The first-order valence-corrected chi connectivity index (χ1v) is 9.05. The molecule has 1 aliphatic heterocycles. The van der Waals surface area contributed by atoms with Crippen molar-refractivity contribution in [2.24, 2.45) is 0 Å². The van der Waals surface area contributed by atoms with Crippen molar-refractivity contribution in [2.75, 3.05) is 37.6 Å². The SMILES string of the molecule is CCNC(=O)N1CCN(c2cnn(Cc3ccccc3)c(=O)c2Cl)CC1. The van der Waals surface area contributed by atoms with Gasteiger partial charge in [0.2, 0.25) is 0 Å². The normalized spacial score (nSPS) is 14.4. The number of carbonyl (C=O) groups excluding carboxylic acids is 1. The summed E-state index contributed by atoms with van der Waals surface area (Å²) in [5.41, 5.74) is 1.30. The molecule has 0 unspecified atom stereocenters. The molecule has 2 heterocycles. The van der Waals surface area contributed by atoms with Gasteiger partial charge in [0.05, 0.1) is 18.4 Å². The molecule has 1 aliphatic rings. The second-order valence-corrected chi connectivity index (χ2v) is 6.48. The number of amides is 2. The monoisotopic (exact) mass is 375 g/mol. The topological polar surface area (TPSA) is 70.5 Å². The predicted octanol–water partition coefficient (Wildman–Crippen LogP) is 1.80. The van der Waals surface area contributed by atoms with Crippen LogP contribution < -0.4 is 15.8 Å². The first-order chi connectivity index (χ1) is 12.6. The summed E-state index contributed by atoms with van der Waals surface area (Å²) in [6.07, 6.45) is 1.63. The van der Waals surface area contributed by atoms with E-state index >= 15 is 0 Å². The second kappa shape index (κ2) is 8.23. The minimum Gasteiger partial charge on any atom is -0.365 e. The van der Waals surface area contributed by atoms with Gasteiger partial charge in [-0.3, -0.25) is 4.79 Å². The molecule has 1 saturated heterocycles. The number of nitrogens with one attached hydrogen (secondary N) is 1. The first kappa shape index (κ1) is 18.3. The first-order valence-electron chi connectivity index (χ1n) is 8.67. The fraction of sp³-hybridized carbons (Fsp3) is 0.389. The van der Waals surface area contributed by atoms with Crippen molar-refractivity contribution in [3.63, 3.8) is 0 Å². The Kier molecular flexibility index (Phi) is 5.78. The number of piperazine rings is 1. The lowest BCUT2D eigenvalue weighted by atomic mass is 10.2. The minimum absolute atomic E-state index is 0.0605. The fourth-order valence-corrected chi connectivity index (χ4v) is 3.23. The smallest absolute Gasteiger partial charge is 0.317 e. The van der Waals surface area contributed by atoms with Crippen molar-refractivity contribution >= 4 is 23.3 Å². The molecule has 1 N–H and O–H groups in total. The van der Waals surface area contributed by atoms with Crippen molar-refractivity contribution in [3.05, 3.63) is 57.5 Å². The van der Waals surface area contributed by atoms with E-state index in [1.54, 1.807) is 11.1 Å². The van der Waals surface area contributed by atoms with Crippen LogP contribution in [0.4, 0.5) is 10.5 Å². The lowest BCUT2D eigenvalue weighted by Crippen LogP contribution is -2.52. The number of carbonyl (C=O) groups is 1. The Hall–Kier alpha value is -2.54. The van der Waals surface area contributed by atoms with Crippen LogP contribution in [0, 0.1) is 0 Å². The van der Waals surface area contributed by atoms with Crippen molar-refractivity contribution in [2.45, 2.75) is 13.5 Å². The molecule has 0 atom stereocenters. The molecule has 3 rings (SSSR count). The molecule has 1 aromatic heterocycles. The zero-order chi connectivity index (χ0) is 18.5. The van der Waals surface area contributed by atoms with Crippen LogP contribution >= 0.6 is 11.6 Å². The summed E-state index contributed by atoms with van der Waals surface area (Å²) in [4.78, 5) is 28.2. The van der Waals surface area contributed by atoms with E-state index in [1.807, 2.05) is 42.2 Å². The van der Waals surface area contributed by atoms with Crippen LogP contribution in [0.3, 0.4) is 0 Å². The van der Waals surface area contributed by atoms with Crippen LogP contribution in [-0.2, 0) is 6.54 Å². The van der Waals surface area contributed by atoms with Crippen molar-refractivity contribution < 1.29 is 4.79 Å². The second-order valence-electron chi connectivity index (χ2n) is 6.10. The molecule has 0 saturated carbocycles. The highest BCUT2D eigenvalue weighted by Crippen LogP contribution is 2.22. The number of hydrogen-bond donors (Lipinski definition) is 1. The summed E-state index contributed by atoms with van der Waals surface area (Å²) in [7, 11) is 0. The zero-order valence-electron chi connectivity index (χ0n) is 14.7. The van der Waals surface area contributed by atoms with Gasteiger partial charge in [-0.25, -0.2) is 9.48 Å². The van der Waals surface area contributed by atoms with E-state index in [-0.39, 0.29) is 16.6 Å². The largest absolute Gasteiger partial charge is 0.365 e. The maximum absolute atomic E-state index is 12.6. The number of benzene rings is 1. The highest BCUT2D eigenvalue weighted by atomic mass is 35.5. The van der Waals surface area contributed by atoms with Gasteiger partial charge in [0.25, 0.3) is 5.56 Å². The summed E-state index contributed by atoms with van der Waals surface area (Å²) in [5, 5.41) is 7.24. The van der Waals surface area contributed by atoms with E-state index in [0.717, 1.165) is 5.56 Å². The molecule has 26 heavy (non-hydrogen) atoms. The number of aromatic nitrogens is 2. The third kappa shape index (κ3) is 3.99. The van der Waals surface area contributed by atoms with Crippen LogP contribution in [0.25, 0.3) is 0 Å². The van der Waals surface area contributed by atoms with Gasteiger partial charge in [0.1, 0.15) is 5.02 Å². The third-order valence-electron chi connectivity index (χ3n) is 4.38. The van der Waals surface area contributed by atoms with Crippen molar-refractivity contribution in [1.29, 1.82) is 0 Å². The van der Waals surface area contributed by atoms with Gasteiger partial charge in [-0.05, 0) is 12.5 Å². The van der Waals surface area contributed by atoms with E-state index < -0.39 is 0 Å². The number of anilines is 1. The average molecular weight is 376 g/mol. The molecule has 0 spiro atoms. The molecule has 0 radical (unpaired) electrons. The molecule has 2 amide bonds. The van der Waals surface area contributed by atoms with Crippen LogP contribution in [-0.4, -0.2) is 53.4 Å². The Morgan fingerprint density at radius 2 is 1.88 bits per heavy atom.